The van der Waals surface area contributed by atoms with Crippen molar-refractivity contribution < 1.29 is 38.9 Å². The molecule has 0 bridgehead atoms. The number of carbonyl (C=O) groups is 4. The van der Waals surface area contributed by atoms with Crippen molar-refractivity contribution in [2.24, 2.45) is 0 Å². The number of rotatable bonds is 16. The summed E-state index contributed by atoms with van der Waals surface area (Å²) in [6, 6.07) is 0. The van der Waals surface area contributed by atoms with Crippen molar-refractivity contribution in [3.63, 3.8) is 0 Å². The van der Waals surface area contributed by atoms with E-state index in [1.807, 2.05) is 13.8 Å². The van der Waals surface area contributed by atoms with Gasteiger partial charge in [0.1, 0.15) is 0 Å². The number of ether oxygens (including phenoxy) is 2. The van der Waals surface area contributed by atoms with Crippen LogP contribution in [0.5, 0.6) is 0 Å². The van der Waals surface area contributed by atoms with E-state index in [1.54, 1.807) is 8.87 Å². The van der Waals surface area contributed by atoms with E-state index >= 15 is 0 Å². The third-order valence-corrected chi connectivity index (χ3v) is 7.66. The molecule has 0 aromatic rings. The molecular weight excluding hydrogens is 535 g/mol. The molecule has 0 saturated carbocycles. The van der Waals surface area contributed by atoms with E-state index in [0.29, 0.717) is 13.2 Å². The molecule has 8 nitrogen and oxygen atoms in total. The van der Waals surface area contributed by atoms with Gasteiger partial charge in [0.15, 0.2) is 0 Å². The van der Waals surface area contributed by atoms with Crippen molar-refractivity contribution in [1.82, 2.24) is 0 Å². The fourth-order valence-electron chi connectivity index (χ4n) is 1.74. The van der Waals surface area contributed by atoms with Crippen LogP contribution in [0.3, 0.4) is 0 Å². The molecule has 0 fully saturated rings. The van der Waals surface area contributed by atoms with Gasteiger partial charge in [-0.3, -0.25) is 0 Å². The van der Waals surface area contributed by atoms with Crippen molar-refractivity contribution in [2.45, 2.75) is 87.9 Å². The minimum atomic E-state index is -1.15. The molecule has 0 spiro atoms. The van der Waals surface area contributed by atoms with Crippen molar-refractivity contribution in [3.8, 4) is 0 Å². The summed E-state index contributed by atoms with van der Waals surface area (Å²) in [5, 5.41) is 16.3. The van der Waals surface area contributed by atoms with E-state index in [-0.39, 0.29) is 21.1 Å². The van der Waals surface area contributed by atoms with E-state index in [9.17, 15) is 19.2 Å². The molecule has 0 aliphatic carbocycles. The number of esters is 2. The Hall–Kier alpha value is -1.84. The second-order valence-corrected chi connectivity index (χ2v) is 11.1. The average molecular weight is 577 g/mol. The summed E-state index contributed by atoms with van der Waals surface area (Å²) in [6.07, 6.45) is 12.6. The fourth-order valence-corrected chi connectivity index (χ4v) is 5.90. The molecule has 0 aliphatic heterocycles. The van der Waals surface area contributed by atoms with Crippen molar-refractivity contribution in [3.05, 3.63) is 24.3 Å². The van der Waals surface area contributed by atoms with Crippen LogP contribution in [0.25, 0.3) is 0 Å². The quantitative estimate of drug-likeness (QED) is 0.113. The first-order valence-corrected chi connectivity index (χ1v) is 15.6. The van der Waals surface area contributed by atoms with Gasteiger partial charge in [-0.25, -0.2) is 19.2 Å². The first-order valence-electron chi connectivity index (χ1n) is 11.6. The fraction of sp³-hybridized carbons (Fsp3) is 0.667. The molecule has 9 heteroatoms. The van der Waals surface area contributed by atoms with E-state index in [1.165, 1.54) is 25.7 Å². The van der Waals surface area contributed by atoms with Crippen LogP contribution in [0.15, 0.2) is 24.3 Å². The Morgan fingerprint density at radius 1 is 0.606 bits per heavy atom. The standard InChI is InChI=1S/2C8H12O4.2C4H9.Sn/c2*1-2-3-6-12-8(11)5-4-7(9)10;2*1-3-4-2;/h2*4-5H,2-3,6H2,1H3,(H,9,10);2*1,3-4H2,2H3;. The monoisotopic (exact) mass is 578 g/mol. The third kappa shape index (κ3) is 41.0. The van der Waals surface area contributed by atoms with Gasteiger partial charge in [0.05, 0.1) is 13.2 Å². The number of carboxylic acid groups (broad SMARTS) is 2. The Labute approximate surface area is 209 Å². The van der Waals surface area contributed by atoms with Crippen LogP contribution in [0.4, 0.5) is 0 Å². The van der Waals surface area contributed by atoms with Gasteiger partial charge in [-0.1, -0.05) is 26.7 Å². The van der Waals surface area contributed by atoms with Crippen molar-refractivity contribution in [1.29, 1.82) is 0 Å². The SMILES string of the molecule is CCCCOC(=O)C=CC(=O)O.CCCCOC(=O)C=CC(=O)O.CCC[CH2][Sn][CH2]CCC. The van der Waals surface area contributed by atoms with Gasteiger partial charge in [0, 0.05) is 24.3 Å². The van der Waals surface area contributed by atoms with Gasteiger partial charge in [-0.15, -0.1) is 0 Å². The summed E-state index contributed by atoms with van der Waals surface area (Å²) in [4.78, 5) is 41.2. The summed E-state index contributed by atoms with van der Waals surface area (Å²) in [5.41, 5.74) is 0. The van der Waals surface area contributed by atoms with E-state index in [0.717, 1.165) is 50.0 Å². The molecule has 2 N–H and O–H groups in total. The van der Waals surface area contributed by atoms with Crippen LogP contribution >= 0.6 is 0 Å². The van der Waals surface area contributed by atoms with Crippen molar-refractivity contribution in [2.75, 3.05) is 13.2 Å². The first-order chi connectivity index (χ1) is 15.7. The van der Waals surface area contributed by atoms with Crippen molar-refractivity contribution >= 4 is 45.0 Å². The van der Waals surface area contributed by atoms with Crippen LogP contribution in [-0.4, -0.2) is 68.4 Å². The normalized spacial score (nSPS) is 10.1. The number of carbonyl (C=O) groups excluding carboxylic acids is 2. The first kappa shape index (κ1) is 35.7. The van der Waals surface area contributed by atoms with Gasteiger partial charge in [0.25, 0.3) is 0 Å². The van der Waals surface area contributed by atoms with E-state index in [2.05, 4.69) is 23.3 Å². The number of unbranched alkanes of at least 4 members (excludes halogenated alkanes) is 4. The molecule has 0 aromatic carbocycles. The maximum absolute atomic E-state index is 10.6. The topological polar surface area (TPSA) is 127 Å². The van der Waals surface area contributed by atoms with Crippen LogP contribution < -0.4 is 0 Å². The second-order valence-electron chi connectivity index (χ2n) is 6.84. The molecule has 0 aliphatic rings. The second kappa shape index (κ2) is 30.2. The predicted octanol–water partition coefficient (Wildman–Crippen LogP) is 5.07. The number of aliphatic carboxylic acids is 2. The molecule has 0 heterocycles. The minimum absolute atomic E-state index is 0.149. The Morgan fingerprint density at radius 3 is 1.21 bits per heavy atom. The molecule has 2 radical (unpaired) electrons. The summed E-state index contributed by atoms with van der Waals surface area (Å²) < 4.78 is 12.5. The number of hydrogen-bond donors (Lipinski definition) is 2. The summed E-state index contributed by atoms with van der Waals surface area (Å²) in [6.45, 7) is 9.22. The molecule has 0 unspecified atom stereocenters. The molecule has 0 rings (SSSR count). The summed E-state index contributed by atoms with van der Waals surface area (Å²) in [5.74, 6) is -3.51. The summed E-state index contributed by atoms with van der Waals surface area (Å²) in [7, 11) is 0. The molecule has 33 heavy (non-hydrogen) atoms. The molecule has 190 valence electrons. The Bertz CT molecular complexity index is 511. The number of carboxylic acids is 2. The molecule has 0 atom stereocenters. The Balaban J connectivity index is -0.000000414. The predicted molar refractivity (Wildman–Crippen MR) is 130 cm³/mol. The Kier molecular flexibility index (Phi) is 32.7. The van der Waals surface area contributed by atoms with Crippen LogP contribution in [-0.2, 0) is 28.7 Å². The van der Waals surface area contributed by atoms with E-state index < -0.39 is 23.9 Å². The van der Waals surface area contributed by atoms with E-state index in [4.69, 9.17) is 10.2 Å². The zero-order chi connectivity index (χ0) is 25.7. The number of hydrogen-bond acceptors (Lipinski definition) is 6. The molecular formula is C24H42O8Sn. The zero-order valence-electron chi connectivity index (χ0n) is 20.6. The molecule has 0 saturated heterocycles. The average Bonchev–Trinajstić information content (AvgIpc) is 2.77. The third-order valence-electron chi connectivity index (χ3n) is 3.62. The summed E-state index contributed by atoms with van der Waals surface area (Å²) >= 11 is 0.149. The van der Waals surface area contributed by atoms with Gasteiger partial charge >= 0.3 is 93.4 Å². The van der Waals surface area contributed by atoms with Gasteiger partial charge in [-0.2, -0.15) is 0 Å². The Morgan fingerprint density at radius 2 is 0.939 bits per heavy atom. The van der Waals surface area contributed by atoms with Gasteiger partial charge in [0.2, 0.25) is 0 Å². The molecule has 0 amide bonds. The zero-order valence-corrected chi connectivity index (χ0v) is 23.5. The van der Waals surface area contributed by atoms with Crippen LogP contribution in [0.2, 0.25) is 8.87 Å². The van der Waals surface area contributed by atoms with Crippen LogP contribution in [0.1, 0.15) is 79.1 Å². The maximum atomic E-state index is 10.6. The van der Waals surface area contributed by atoms with Gasteiger partial charge in [-0.05, 0) is 12.8 Å². The van der Waals surface area contributed by atoms with Crippen LogP contribution in [0, 0.1) is 0 Å². The van der Waals surface area contributed by atoms with Gasteiger partial charge < -0.3 is 19.7 Å². The molecule has 0 aromatic heterocycles.